The number of nitro benzene ring substituents is 1. The molecule has 0 spiro atoms. The number of anilines is 1. The molecule has 2 N–H and O–H groups in total. The minimum absolute atomic E-state index is 0.0450. The molecule has 0 bridgehead atoms. The molecular weight excluding hydrogens is 552 g/mol. The van der Waals surface area contributed by atoms with Gasteiger partial charge in [-0.2, -0.15) is 0 Å². The Labute approximate surface area is 220 Å². The van der Waals surface area contributed by atoms with Gasteiger partial charge in [-0.3, -0.25) is 14.9 Å². The van der Waals surface area contributed by atoms with Gasteiger partial charge in [0.15, 0.2) is 5.17 Å². The number of amides is 1. The van der Waals surface area contributed by atoms with E-state index in [-0.39, 0.29) is 11.6 Å². The highest BCUT2D eigenvalue weighted by Crippen LogP contribution is 2.34. The lowest BCUT2D eigenvalue weighted by Crippen LogP contribution is -2.32. The molecule has 0 aliphatic carbocycles. The van der Waals surface area contributed by atoms with E-state index in [4.69, 9.17) is 16.6 Å². The number of nitrogens with zero attached hydrogens (tertiary/aromatic N) is 2. The lowest BCUT2D eigenvalue weighted by Gasteiger charge is -2.26. The fourth-order valence-corrected chi connectivity index (χ4v) is 4.91. The quantitative estimate of drug-likeness (QED) is 0.249. The highest BCUT2D eigenvalue weighted by Gasteiger charge is 2.29. The Hall–Kier alpha value is -3.14. The number of non-ortho nitro benzene ring substituents is 1. The third-order valence-electron chi connectivity index (χ3n) is 5.25. The van der Waals surface area contributed by atoms with Gasteiger partial charge >= 0.3 is 0 Å². The fraction of sp³-hybridized carbons (Fsp3) is 0.120. The third-order valence-corrected chi connectivity index (χ3v) is 6.97. The molecule has 1 unspecified atom stereocenters. The molecule has 0 saturated heterocycles. The fourth-order valence-electron chi connectivity index (χ4n) is 3.54. The van der Waals surface area contributed by atoms with E-state index < -0.39 is 11.0 Å². The zero-order chi connectivity index (χ0) is 24.9. The first-order valence-corrected chi connectivity index (χ1v) is 12.7. The lowest BCUT2D eigenvalue weighted by molar-refractivity contribution is -0.384. The van der Waals surface area contributed by atoms with Crippen LogP contribution < -0.4 is 10.6 Å². The number of aliphatic imine (C=N–C) groups is 1. The molecule has 1 heterocycles. The van der Waals surface area contributed by atoms with Gasteiger partial charge in [-0.1, -0.05) is 63.6 Å². The van der Waals surface area contributed by atoms with Crippen LogP contribution in [0.3, 0.4) is 0 Å². The van der Waals surface area contributed by atoms with Crippen LogP contribution in [-0.4, -0.2) is 16.0 Å². The van der Waals surface area contributed by atoms with Crippen molar-refractivity contribution in [2.45, 2.75) is 18.7 Å². The molecule has 178 valence electrons. The maximum atomic E-state index is 13.3. The standard InChI is InChI=1S/C25H20BrClN4O3S/c1-15-22(24(32)29-20-9-11-21(12-10-20)31(33)34)23(17-5-7-18(26)8-6-17)30-25(28-15)35-14-16-3-2-4-19(27)13-16/h2-13,23H,14H2,1H3,(H,28,30)(H,29,32). The van der Waals surface area contributed by atoms with Crippen molar-refractivity contribution in [3.8, 4) is 0 Å². The van der Waals surface area contributed by atoms with Gasteiger partial charge in [0.2, 0.25) is 0 Å². The summed E-state index contributed by atoms with van der Waals surface area (Å²) < 4.78 is 0.923. The normalized spacial score (nSPS) is 15.3. The third kappa shape index (κ3) is 6.30. The maximum absolute atomic E-state index is 13.3. The van der Waals surface area contributed by atoms with E-state index in [0.717, 1.165) is 15.6 Å². The number of halogens is 2. The maximum Gasteiger partial charge on any atom is 0.269 e. The summed E-state index contributed by atoms with van der Waals surface area (Å²) in [6.45, 7) is 1.84. The zero-order valence-corrected chi connectivity index (χ0v) is 21.7. The minimum atomic E-state index is -0.524. The second kappa shape index (κ2) is 11.1. The van der Waals surface area contributed by atoms with Crippen molar-refractivity contribution in [1.82, 2.24) is 5.32 Å². The summed E-state index contributed by atoms with van der Waals surface area (Å²) in [4.78, 5) is 28.6. The number of nitrogens with one attached hydrogen (secondary N) is 2. The van der Waals surface area contributed by atoms with Crippen LogP contribution in [0.4, 0.5) is 11.4 Å². The average Bonchev–Trinajstić information content (AvgIpc) is 2.83. The predicted molar refractivity (Wildman–Crippen MR) is 145 cm³/mol. The molecule has 10 heteroatoms. The number of benzene rings is 3. The number of allylic oxidation sites excluding steroid dienone is 1. The largest absolute Gasteiger partial charge is 0.338 e. The van der Waals surface area contributed by atoms with E-state index in [1.54, 1.807) is 0 Å². The first-order valence-electron chi connectivity index (χ1n) is 10.5. The summed E-state index contributed by atoms with van der Waals surface area (Å²) in [5, 5.41) is 18.4. The van der Waals surface area contributed by atoms with Crippen LogP contribution in [0.25, 0.3) is 0 Å². The SMILES string of the molecule is CC1=C(C(=O)Nc2ccc([N+](=O)[O-])cc2)C(c2ccc(Br)cc2)N=C(SCc2cccc(Cl)c2)N1. The molecule has 1 amide bonds. The summed E-state index contributed by atoms with van der Waals surface area (Å²) in [7, 11) is 0. The zero-order valence-electron chi connectivity index (χ0n) is 18.5. The Balaban J connectivity index is 1.59. The van der Waals surface area contributed by atoms with Crippen molar-refractivity contribution in [1.29, 1.82) is 0 Å². The molecule has 35 heavy (non-hydrogen) atoms. The molecule has 0 aromatic heterocycles. The van der Waals surface area contributed by atoms with Gasteiger partial charge in [0.1, 0.15) is 6.04 Å². The summed E-state index contributed by atoms with van der Waals surface area (Å²) in [5.41, 5.74) is 3.50. The molecule has 1 atom stereocenters. The Bertz CT molecular complexity index is 1330. The minimum Gasteiger partial charge on any atom is -0.338 e. The first kappa shape index (κ1) is 25.0. The number of nitro groups is 1. The molecule has 3 aromatic rings. The van der Waals surface area contributed by atoms with Gasteiger partial charge in [0.25, 0.3) is 11.6 Å². The molecule has 7 nitrogen and oxygen atoms in total. The Morgan fingerprint density at radius 1 is 1.17 bits per heavy atom. The lowest BCUT2D eigenvalue weighted by atomic mass is 9.96. The summed E-state index contributed by atoms with van der Waals surface area (Å²) in [6, 6.07) is 20.5. The second-order valence-electron chi connectivity index (χ2n) is 7.73. The molecule has 3 aromatic carbocycles. The number of hydrogen-bond donors (Lipinski definition) is 2. The summed E-state index contributed by atoms with van der Waals surface area (Å²) in [6.07, 6.45) is 0. The van der Waals surface area contributed by atoms with E-state index in [1.807, 2.05) is 55.5 Å². The highest BCUT2D eigenvalue weighted by molar-refractivity contribution is 9.10. The van der Waals surface area contributed by atoms with E-state index in [1.165, 1.54) is 36.0 Å². The van der Waals surface area contributed by atoms with Gasteiger partial charge in [0.05, 0.1) is 10.5 Å². The van der Waals surface area contributed by atoms with Gasteiger partial charge in [-0.05, 0) is 54.4 Å². The van der Waals surface area contributed by atoms with E-state index in [2.05, 4.69) is 26.6 Å². The summed E-state index contributed by atoms with van der Waals surface area (Å²) >= 11 is 11.1. The molecule has 1 aliphatic rings. The van der Waals surface area contributed by atoms with Crippen LogP contribution in [0.1, 0.15) is 24.1 Å². The van der Waals surface area contributed by atoms with Crippen molar-refractivity contribution < 1.29 is 9.72 Å². The van der Waals surface area contributed by atoms with Crippen molar-refractivity contribution in [3.63, 3.8) is 0 Å². The van der Waals surface area contributed by atoms with Crippen molar-refractivity contribution >= 4 is 61.7 Å². The van der Waals surface area contributed by atoms with Gasteiger partial charge in [-0.15, -0.1) is 0 Å². The first-order chi connectivity index (χ1) is 16.8. The number of amidine groups is 1. The molecular formula is C25H20BrClN4O3S. The molecule has 1 aliphatic heterocycles. The number of rotatable bonds is 6. The smallest absolute Gasteiger partial charge is 0.269 e. The number of carbonyl (C=O) groups excluding carboxylic acids is 1. The second-order valence-corrected chi connectivity index (χ2v) is 10.0. The van der Waals surface area contributed by atoms with Crippen LogP contribution in [0.15, 0.2) is 93.5 Å². The van der Waals surface area contributed by atoms with Crippen molar-refractivity contribution in [3.05, 3.63) is 115 Å². The average molecular weight is 572 g/mol. The molecule has 0 saturated carbocycles. The highest BCUT2D eigenvalue weighted by atomic mass is 79.9. The van der Waals surface area contributed by atoms with E-state index >= 15 is 0 Å². The Kier molecular flexibility index (Phi) is 7.90. The number of hydrogen-bond acceptors (Lipinski definition) is 6. The van der Waals surface area contributed by atoms with Gasteiger partial charge in [0, 0.05) is 38.8 Å². The summed E-state index contributed by atoms with van der Waals surface area (Å²) in [5.74, 6) is 0.330. The van der Waals surface area contributed by atoms with Crippen LogP contribution >= 0.6 is 39.3 Å². The van der Waals surface area contributed by atoms with Gasteiger partial charge in [-0.25, -0.2) is 4.99 Å². The van der Waals surface area contributed by atoms with Gasteiger partial charge < -0.3 is 10.6 Å². The number of thioether (sulfide) groups is 1. The predicted octanol–water partition coefficient (Wildman–Crippen LogP) is 6.86. The monoisotopic (exact) mass is 570 g/mol. The Morgan fingerprint density at radius 2 is 1.89 bits per heavy atom. The number of carbonyl (C=O) groups is 1. The molecule has 4 rings (SSSR count). The van der Waals surface area contributed by atoms with Crippen LogP contribution in [-0.2, 0) is 10.5 Å². The molecule has 0 radical (unpaired) electrons. The van der Waals surface area contributed by atoms with Crippen molar-refractivity contribution in [2.75, 3.05) is 5.32 Å². The molecule has 0 fully saturated rings. The van der Waals surface area contributed by atoms with Crippen LogP contribution in [0.2, 0.25) is 5.02 Å². The van der Waals surface area contributed by atoms with E-state index in [9.17, 15) is 14.9 Å². The van der Waals surface area contributed by atoms with E-state index in [0.29, 0.717) is 32.9 Å². The van der Waals surface area contributed by atoms with Crippen LogP contribution in [0.5, 0.6) is 0 Å². The van der Waals surface area contributed by atoms with Crippen molar-refractivity contribution in [2.24, 2.45) is 4.99 Å². The van der Waals surface area contributed by atoms with Crippen LogP contribution in [0, 0.1) is 10.1 Å². The topological polar surface area (TPSA) is 96.6 Å². The Morgan fingerprint density at radius 3 is 2.54 bits per heavy atom.